The third kappa shape index (κ3) is 4.80. The molecular weight excluding hydrogens is 269 g/mol. The Bertz CT molecular complexity index is 611. The number of aliphatic imine (C=N–C) groups is 1. The largest absolute Gasteiger partial charge is 0.497 e. The molecule has 0 heterocycles. The van der Waals surface area contributed by atoms with Crippen LogP contribution in [0.1, 0.15) is 5.56 Å². The second-order valence-electron chi connectivity index (χ2n) is 4.50. The molecule has 0 aromatic heterocycles. The van der Waals surface area contributed by atoms with E-state index in [1.54, 1.807) is 13.2 Å². The van der Waals surface area contributed by atoms with Crippen LogP contribution in [0.4, 0.5) is 10.1 Å². The van der Waals surface area contributed by atoms with Crippen LogP contribution in [0.3, 0.4) is 0 Å². The number of benzene rings is 2. The van der Waals surface area contributed by atoms with E-state index < -0.39 is 0 Å². The van der Waals surface area contributed by atoms with Crippen LogP contribution in [0.2, 0.25) is 0 Å². The van der Waals surface area contributed by atoms with Crippen LogP contribution in [0.5, 0.6) is 5.75 Å². The fourth-order valence-corrected chi connectivity index (χ4v) is 1.86. The standard InChI is InChI=1S/C16H18FN3O/c1-21-15-7-5-14(6-8-15)20-16(18)19-10-9-12-3-2-4-13(17)11-12/h2-8,11H,9-10H2,1H3,(H3,18,19,20). The van der Waals surface area contributed by atoms with Gasteiger partial charge in [0.25, 0.3) is 0 Å². The molecule has 110 valence electrons. The van der Waals surface area contributed by atoms with Crippen LogP contribution >= 0.6 is 0 Å². The summed E-state index contributed by atoms with van der Waals surface area (Å²) in [5.41, 5.74) is 7.54. The zero-order chi connectivity index (χ0) is 15.1. The van der Waals surface area contributed by atoms with Gasteiger partial charge in [-0.1, -0.05) is 12.1 Å². The molecule has 0 saturated heterocycles. The second kappa shape index (κ2) is 7.28. The van der Waals surface area contributed by atoms with Gasteiger partial charge in [0.05, 0.1) is 7.11 Å². The van der Waals surface area contributed by atoms with Crippen molar-refractivity contribution < 1.29 is 9.13 Å². The second-order valence-corrected chi connectivity index (χ2v) is 4.50. The van der Waals surface area contributed by atoms with Crippen LogP contribution in [-0.2, 0) is 6.42 Å². The SMILES string of the molecule is COc1ccc(NC(N)=NCCc2cccc(F)c2)cc1. The summed E-state index contributed by atoms with van der Waals surface area (Å²) >= 11 is 0. The number of guanidine groups is 1. The van der Waals surface area contributed by atoms with E-state index in [-0.39, 0.29) is 5.82 Å². The zero-order valence-electron chi connectivity index (χ0n) is 11.8. The minimum atomic E-state index is -0.235. The average Bonchev–Trinajstić information content (AvgIpc) is 2.48. The molecule has 4 nitrogen and oxygen atoms in total. The number of nitrogens with one attached hydrogen (secondary N) is 1. The molecule has 21 heavy (non-hydrogen) atoms. The molecule has 0 amide bonds. The lowest BCUT2D eigenvalue weighted by molar-refractivity contribution is 0.415. The number of anilines is 1. The van der Waals surface area contributed by atoms with E-state index in [4.69, 9.17) is 10.5 Å². The predicted octanol–water partition coefficient (Wildman–Crippen LogP) is 2.80. The Morgan fingerprint density at radius 2 is 2.00 bits per heavy atom. The normalized spacial score (nSPS) is 11.2. The molecule has 0 aliphatic heterocycles. The van der Waals surface area contributed by atoms with Gasteiger partial charge >= 0.3 is 0 Å². The summed E-state index contributed by atoms with van der Waals surface area (Å²) in [6.07, 6.45) is 0.642. The first-order valence-corrected chi connectivity index (χ1v) is 6.63. The highest BCUT2D eigenvalue weighted by molar-refractivity contribution is 5.92. The van der Waals surface area contributed by atoms with Crippen molar-refractivity contribution in [2.24, 2.45) is 10.7 Å². The highest BCUT2D eigenvalue weighted by Gasteiger charge is 1.97. The van der Waals surface area contributed by atoms with Gasteiger partial charge in [-0.25, -0.2) is 4.39 Å². The first-order chi connectivity index (χ1) is 10.2. The lowest BCUT2D eigenvalue weighted by Gasteiger charge is -2.06. The molecule has 0 atom stereocenters. The van der Waals surface area contributed by atoms with Gasteiger partial charge in [0.1, 0.15) is 11.6 Å². The minimum absolute atomic E-state index is 0.235. The number of methoxy groups -OCH3 is 1. The molecule has 3 N–H and O–H groups in total. The predicted molar refractivity (Wildman–Crippen MR) is 83.2 cm³/mol. The quantitative estimate of drug-likeness (QED) is 0.656. The molecule has 0 spiro atoms. The van der Waals surface area contributed by atoms with Gasteiger partial charge in [0.15, 0.2) is 5.96 Å². The molecule has 2 rings (SSSR count). The molecule has 0 fully saturated rings. The van der Waals surface area contributed by atoms with Crippen LogP contribution in [0, 0.1) is 5.82 Å². The van der Waals surface area contributed by atoms with Crippen molar-refractivity contribution in [3.8, 4) is 5.75 Å². The van der Waals surface area contributed by atoms with Gasteiger partial charge in [0.2, 0.25) is 0 Å². The maximum Gasteiger partial charge on any atom is 0.193 e. The maximum absolute atomic E-state index is 13.0. The van der Waals surface area contributed by atoms with Crippen molar-refractivity contribution in [1.29, 1.82) is 0 Å². The Morgan fingerprint density at radius 1 is 1.24 bits per heavy atom. The van der Waals surface area contributed by atoms with Gasteiger partial charge in [-0.2, -0.15) is 0 Å². The van der Waals surface area contributed by atoms with Crippen LogP contribution in [-0.4, -0.2) is 19.6 Å². The Hall–Kier alpha value is -2.56. The smallest absolute Gasteiger partial charge is 0.193 e. The van der Waals surface area contributed by atoms with E-state index in [0.717, 1.165) is 17.0 Å². The minimum Gasteiger partial charge on any atom is -0.497 e. The third-order valence-corrected chi connectivity index (χ3v) is 2.93. The van der Waals surface area contributed by atoms with Gasteiger partial charge in [-0.05, 0) is 48.4 Å². The van der Waals surface area contributed by atoms with E-state index in [9.17, 15) is 4.39 Å². The Labute approximate surface area is 123 Å². The van der Waals surface area contributed by atoms with Crippen molar-refractivity contribution in [2.75, 3.05) is 19.0 Å². The van der Waals surface area contributed by atoms with Crippen LogP contribution in [0.15, 0.2) is 53.5 Å². The number of ether oxygens (including phenoxy) is 1. The van der Waals surface area contributed by atoms with Crippen molar-refractivity contribution in [2.45, 2.75) is 6.42 Å². The number of hydrogen-bond acceptors (Lipinski definition) is 2. The van der Waals surface area contributed by atoms with Crippen molar-refractivity contribution >= 4 is 11.6 Å². The maximum atomic E-state index is 13.0. The fraction of sp³-hybridized carbons (Fsp3) is 0.188. The molecule has 0 aliphatic rings. The summed E-state index contributed by atoms with van der Waals surface area (Å²) in [7, 11) is 1.62. The molecule has 0 radical (unpaired) electrons. The lowest BCUT2D eigenvalue weighted by atomic mass is 10.1. The van der Waals surface area contributed by atoms with Crippen LogP contribution in [0.25, 0.3) is 0 Å². The first-order valence-electron chi connectivity index (χ1n) is 6.63. The van der Waals surface area contributed by atoms with Crippen LogP contribution < -0.4 is 15.8 Å². The fourth-order valence-electron chi connectivity index (χ4n) is 1.86. The molecule has 0 unspecified atom stereocenters. The topological polar surface area (TPSA) is 59.6 Å². The van der Waals surface area contributed by atoms with Gasteiger partial charge < -0.3 is 15.8 Å². The monoisotopic (exact) mass is 287 g/mol. The summed E-state index contributed by atoms with van der Waals surface area (Å²) < 4.78 is 18.1. The van der Waals surface area contributed by atoms with E-state index in [1.807, 2.05) is 30.3 Å². The average molecular weight is 287 g/mol. The van der Waals surface area contributed by atoms with Crippen molar-refractivity contribution in [3.63, 3.8) is 0 Å². The highest BCUT2D eigenvalue weighted by Crippen LogP contribution is 2.14. The van der Waals surface area contributed by atoms with E-state index in [1.165, 1.54) is 12.1 Å². The van der Waals surface area contributed by atoms with E-state index in [0.29, 0.717) is 18.9 Å². The third-order valence-electron chi connectivity index (χ3n) is 2.93. The Kier molecular flexibility index (Phi) is 5.15. The lowest BCUT2D eigenvalue weighted by Crippen LogP contribution is -2.23. The first kappa shape index (κ1) is 14.8. The summed E-state index contributed by atoms with van der Waals surface area (Å²) in [6, 6.07) is 13.9. The highest BCUT2D eigenvalue weighted by atomic mass is 19.1. The number of nitrogens with two attached hydrogens (primary N) is 1. The van der Waals surface area contributed by atoms with Crippen molar-refractivity contribution in [3.05, 3.63) is 59.9 Å². The molecule has 0 aliphatic carbocycles. The van der Waals surface area contributed by atoms with Gasteiger partial charge in [0, 0.05) is 12.2 Å². The Balaban J connectivity index is 1.86. The molecule has 0 bridgehead atoms. The number of halogens is 1. The summed E-state index contributed by atoms with van der Waals surface area (Å²) in [6.45, 7) is 0.498. The summed E-state index contributed by atoms with van der Waals surface area (Å²) in [4.78, 5) is 4.22. The van der Waals surface area contributed by atoms with Gasteiger partial charge in [-0.3, -0.25) is 4.99 Å². The Morgan fingerprint density at radius 3 is 2.67 bits per heavy atom. The molecular formula is C16H18FN3O. The molecule has 2 aromatic carbocycles. The van der Waals surface area contributed by atoms with Crippen molar-refractivity contribution in [1.82, 2.24) is 0 Å². The number of hydrogen-bond donors (Lipinski definition) is 2. The van der Waals surface area contributed by atoms with E-state index >= 15 is 0 Å². The van der Waals surface area contributed by atoms with Gasteiger partial charge in [-0.15, -0.1) is 0 Å². The van der Waals surface area contributed by atoms with E-state index in [2.05, 4.69) is 10.3 Å². The molecule has 2 aromatic rings. The number of nitrogens with zero attached hydrogens (tertiary/aromatic N) is 1. The zero-order valence-corrected chi connectivity index (χ0v) is 11.8. The summed E-state index contributed by atoms with van der Waals surface area (Å²) in [5.74, 6) is 0.875. The number of rotatable bonds is 5. The molecule has 5 heteroatoms. The molecule has 0 saturated carbocycles. The summed E-state index contributed by atoms with van der Waals surface area (Å²) in [5, 5.41) is 2.99.